The quantitative estimate of drug-likeness (QED) is 0.130. The number of fused-ring (bicyclic) bond motifs is 2. The molecule has 6 nitrogen and oxygen atoms in total. The smallest absolute Gasteiger partial charge is 0.250 e. The van der Waals surface area contributed by atoms with E-state index in [-0.39, 0.29) is 18.3 Å². The van der Waals surface area contributed by atoms with E-state index in [4.69, 9.17) is 27.9 Å². The first kappa shape index (κ1) is 24.2. The lowest BCUT2D eigenvalue weighted by Crippen LogP contribution is -2.19. The second-order valence-electron chi connectivity index (χ2n) is 7.86. The number of hydrazone groups is 1. The Morgan fingerprint density at radius 3 is 2.75 bits per heavy atom. The summed E-state index contributed by atoms with van der Waals surface area (Å²) in [6.45, 7) is 0.260. The number of carbonyl (C=O) groups excluding carboxylic acids is 1. The zero-order chi connectivity index (χ0) is 24.9. The predicted octanol–water partition coefficient (Wildman–Crippen LogP) is 6.84. The summed E-state index contributed by atoms with van der Waals surface area (Å²) in [6, 6.07) is 24.8. The van der Waals surface area contributed by atoms with Gasteiger partial charge in [-0.25, -0.2) is 10.4 Å². The summed E-state index contributed by atoms with van der Waals surface area (Å²) in [5, 5.41) is 7.96. The Morgan fingerprint density at radius 1 is 1.06 bits per heavy atom. The Hall–Kier alpha value is -3.52. The van der Waals surface area contributed by atoms with Gasteiger partial charge in [0.2, 0.25) is 0 Å². The Labute approximate surface area is 221 Å². The van der Waals surface area contributed by atoms with Gasteiger partial charge in [-0.15, -0.1) is 0 Å². The van der Waals surface area contributed by atoms with Gasteiger partial charge in [0.1, 0.15) is 12.4 Å². The number of hydrogen-bond donors (Lipinski definition) is 2. The van der Waals surface area contributed by atoms with E-state index in [1.54, 1.807) is 18.3 Å². The molecule has 0 atom stereocenters. The molecule has 0 spiro atoms. The molecule has 1 aromatic heterocycles. The summed E-state index contributed by atoms with van der Waals surface area (Å²) < 4.78 is 6.10. The number of imidazole rings is 1. The normalized spacial score (nSPS) is 11.4. The third kappa shape index (κ3) is 5.65. The number of aromatic amines is 1. The summed E-state index contributed by atoms with van der Waals surface area (Å²) in [4.78, 5) is 20.1. The summed E-state index contributed by atoms with van der Waals surface area (Å²) in [5.41, 5.74) is 5.95. The number of halogens is 2. The highest BCUT2D eigenvalue weighted by atomic mass is 35.5. The van der Waals surface area contributed by atoms with Gasteiger partial charge in [0.05, 0.1) is 23.0 Å². The van der Waals surface area contributed by atoms with Crippen LogP contribution in [0.2, 0.25) is 10.0 Å². The average molecular weight is 535 g/mol. The van der Waals surface area contributed by atoms with Crippen molar-refractivity contribution in [2.45, 2.75) is 11.8 Å². The van der Waals surface area contributed by atoms with Crippen LogP contribution in [0.3, 0.4) is 0 Å². The van der Waals surface area contributed by atoms with E-state index in [1.165, 1.54) is 11.8 Å². The topological polar surface area (TPSA) is 79.4 Å². The van der Waals surface area contributed by atoms with Gasteiger partial charge in [0.15, 0.2) is 5.16 Å². The van der Waals surface area contributed by atoms with E-state index >= 15 is 0 Å². The maximum Gasteiger partial charge on any atom is 0.250 e. The number of nitrogens with one attached hydrogen (secondary N) is 2. The molecule has 36 heavy (non-hydrogen) atoms. The Morgan fingerprint density at radius 2 is 1.89 bits per heavy atom. The molecule has 0 aliphatic heterocycles. The molecule has 1 heterocycles. The summed E-state index contributed by atoms with van der Waals surface area (Å²) in [6.07, 6.45) is 1.60. The second-order valence-corrected chi connectivity index (χ2v) is 9.67. The van der Waals surface area contributed by atoms with Gasteiger partial charge < -0.3 is 9.72 Å². The molecule has 5 aromatic rings. The molecule has 0 aliphatic rings. The molecule has 2 N–H and O–H groups in total. The molecule has 0 radical (unpaired) electrons. The van der Waals surface area contributed by atoms with Crippen LogP contribution in [0.1, 0.15) is 11.1 Å². The van der Waals surface area contributed by atoms with Crippen LogP contribution >= 0.6 is 35.0 Å². The van der Waals surface area contributed by atoms with Crippen molar-refractivity contribution in [2.24, 2.45) is 5.10 Å². The largest absolute Gasteiger partial charge is 0.488 e. The fourth-order valence-electron chi connectivity index (χ4n) is 3.66. The highest BCUT2D eigenvalue weighted by molar-refractivity contribution is 7.99. The maximum absolute atomic E-state index is 12.4. The van der Waals surface area contributed by atoms with Crippen molar-refractivity contribution in [3.63, 3.8) is 0 Å². The second kappa shape index (κ2) is 11.0. The number of ether oxygens (including phenoxy) is 1. The Kier molecular flexibility index (Phi) is 7.41. The SMILES string of the molecule is O=C(CSc1nc2ccccc2[nH]1)N/N=C/c1c(OCc2ccc(Cl)cc2Cl)ccc2ccccc12. The van der Waals surface area contributed by atoms with Crippen molar-refractivity contribution in [1.29, 1.82) is 0 Å². The lowest BCUT2D eigenvalue weighted by atomic mass is 10.0. The molecule has 0 bridgehead atoms. The van der Waals surface area contributed by atoms with Crippen molar-refractivity contribution in [2.75, 3.05) is 5.75 Å². The molecule has 0 saturated carbocycles. The van der Waals surface area contributed by atoms with E-state index in [0.717, 1.165) is 32.9 Å². The number of aromatic nitrogens is 2. The van der Waals surface area contributed by atoms with E-state index in [2.05, 4.69) is 20.5 Å². The summed E-state index contributed by atoms with van der Waals surface area (Å²) in [7, 11) is 0. The van der Waals surface area contributed by atoms with Crippen molar-refractivity contribution in [3.8, 4) is 5.75 Å². The molecule has 0 aliphatic carbocycles. The number of H-pyrrole nitrogens is 1. The van der Waals surface area contributed by atoms with Gasteiger partial charge in [-0.05, 0) is 41.1 Å². The summed E-state index contributed by atoms with van der Waals surface area (Å²) >= 11 is 13.6. The fraction of sp³-hybridized carbons (Fsp3) is 0.0741. The predicted molar refractivity (Wildman–Crippen MR) is 147 cm³/mol. The first-order valence-electron chi connectivity index (χ1n) is 11.0. The highest BCUT2D eigenvalue weighted by Gasteiger charge is 2.10. The van der Waals surface area contributed by atoms with Crippen LogP contribution in [-0.2, 0) is 11.4 Å². The van der Waals surface area contributed by atoms with Crippen LogP contribution < -0.4 is 10.2 Å². The molecule has 0 saturated heterocycles. The van der Waals surface area contributed by atoms with E-state index in [9.17, 15) is 4.79 Å². The van der Waals surface area contributed by atoms with Crippen LogP contribution in [0.4, 0.5) is 0 Å². The van der Waals surface area contributed by atoms with Gasteiger partial charge in [-0.1, -0.05) is 83.5 Å². The number of carbonyl (C=O) groups is 1. The van der Waals surface area contributed by atoms with E-state index < -0.39 is 0 Å². The molecule has 0 fully saturated rings. The van der Waals surface area contributed by atoms with Gasteiger partial charge in [0.25, 0.3) is 5.91 Å². The third-order valence-corrected chi connectivity index (χ3v) is 6.88. The van der Waals surface area contributed by atoms with Gasteiger partial charge in [-0.2, -0.15) is 5.10 Å². The maximum atomic E-state index is 12.4. The Balaban J connectivity index is 1.28. The minimum absolute atomic E-state index is 0.172. The number of rotatable bonds is 8. The van der Waals surface area contributed by atoms with Crippen LogP contribution in [0.5, 0.6) is 5.75 Å². The number of thioether (sulfide) groups is 1. The molecule has 9 heteroatoms. The number of hydrogen-bond acceptors (Lipinski definition) is 5. The highest BCUT2D eigenvalue weighted by Crippen LogP contribution is 2.29. The fourth-order valence-corrected chi connectivity index (χ4v) is 4.80. The summed E-state index contributed by atoms with van der Waals surface area (Å²) in [5.74, 6) is 0.548. The molecule has 5 rings (SSSR count). The minimum Gasteiger partial charge on any atom is -0.488 e. The van der Waals surface area contributed by atoms with Gasteiger partial charge in [0, 0.05) is 21.2 Å². The number of amides is 1. The monoisotopic (exact) mass is 534 g/mol. The number of benzene rings is 4. The lowest BCUT2D eigenvalue weighted by molar-refractivity contribution is -0.118. The van der Waals surface area contributed by atoms with Gasteiger partial charge >= 0.3 is 0 Å². The number of para-hydroxylation sites is 2. The third-order valence-electron chi connectivity index (χ3n) is 5.42. The van der Waals surface area contributed by atoms with Crippen molar-refractivity contribution in [3.05, 3.63) is 100 Å². The standard InChI is InChI=1S/C27H20Cl2N4O2S/c28-19-11-9-18(22(29)13-19)15-35-25-12-10-17-5-1-2-6-20(17)21(25)14-30-33-26(34)16-36-27-31-23-7-3-4-8-24(23)32-27/h1-14H,15-16H2,(H,31,32)(H,33,34)/b30-14+. The lowest BCUT2D eigenvalue weighted by Gasteiger charge is -2.13. The molecule has 1 amide bonds. The zero-order valence-corrected chi connectivity index (χ0v) is 21.2. The van der Waals surface area contributed by atoms with Gasteiger partial charge in [-0.3, -0.25) is 4.79 Å². The van der Waals surface area contributed by atoms with Crippen molar-refractivity contribution < 1.29 is 9.53 Å². The minimum atomic E-state index is -0.243. The van der Waals surface area contributed by atoms with E-state index in [1.807, 2.05) is 66.7 Å². The van der Waals surface area contributed by atoms with Crippen LogP contribution in [-0.4, -0.2) is 27.8 Å². The molecular weight excluding hydrogens is 515 g/mol. The Bertz CT molecular complexity index is 1550. The van der Waals surface area contributed by atoms with Crippen molar-refractivity contribution in [1.82, 2.24) is 15.4 Å². The van der Waals surface area contributed by atoms with Crippen LogP contribution in [0, 0.1) is 0 Å². The molecular formula is C27H20Cl2N4O2S. The number of nitrogens with zero attached hydrogens (tertiary/aromatic N) is 2. The molecule has 180 valence electrons. The molecule has 4 aromatic carbocycles. The first-order valence-corrected chi connectivity index (χ1v) is 12.8. The van der Waals surface area contributed by atoms with Crippen LogP contribution in [0.25, 0.3) is 21.8 Å². The first-order chi connectivity index (χ1) is 17.6. The van der Waals surface area contributed by atoms with E-state index in [0.29, 0.717) is 21.0 Å². The molecule has 0 unspecified atom stereocenters. The van der Waals surface area contributed by atoms with Crippen LogP contribution in [0.15, 0.2) is 89.1 Å². The van der Waals surface area contributed by atoms with Crippen molar-refractivity contribution >= 4 is 68.9 Å². The zero-order valence-electron chi connectivity index (χ0n) is 18.9. The average Bonchev–Trinajstić information content (AvgIpc) is 3.31.